The van der Waals surface area contributed by atoms with Gasteiger partial charge in [-0.1, -0.05) is 48.5 Å². The van der Waals surface area contributed by atoms with Crippen LogP contribution >= 0.6 is 7.75 Å². The Kier molecular flexibility index (Phi) is 7.96. The molecule has 2 atom stereocenters. The molecule has 0 saturated carbocycles. The predicted molar refractivity (Wildman–Crippen MR) is 115 cm³/mol. The SMILES string of the molecule is Cc1c(F)c(F)c(OP(=O)(N[C@@H](C)C(=O)OCc2ccccc2)Oc2ccccc2)c(F)c1F. The Balaban J connectivity index is 1.86. The Morgan fingerprint density at radius 2 is 1.41 bits per heavy atom. The monoisotopic (exact) mass is 497 g/mol. The van der Waals surface area contributed by atoms with Crippen LogP contribution in [0.3, 0.4) is 0 Å². The molecular weight excluding hydrogens is 477 g/mol. The summed E-state index contributed by atoms with van der Waals surface area (Å²) in [5, 5.41) is 2.19. The van der Waals surface area contributed by atoms with Crippen LogP contribution in [0, 0.1) is 30.2 Å². The van der Waals surface area contributed by atoms with Gasteiger partial charge in [-0.3, -0.25) is 4.79 Å². The Hall–Kier alpha value is -3.36. The van der Waals surface area contributed by atoms with E-state index in [2.05, 4.69) is 5.09 Å². The third kappa shape index (κ3) is 5.95. The number of carbonyl (C=O) groups excluding carboxylic acids is 1. The molecule has 11 heteroatoms. The minimum absolute atomic E-state index is 0.0722. The highest BCUT2D eigenvalue weighted by Gasteiger charge is 2.37. The van der Waals surface area contributed by atoms with Gasteiger partial charge in [-0.05, 0) is 31.5 Å². The molecule has 0 aliphatic rings. The molecule has 3 aromatic rings. The third-order valence-corrected chi connectivity index (χ3v) is 6.13. The molecule has 180 valence electrons. The summed E-state index contributed by atoms with van der Waals surface area (Å²) >= 11 is 0. The quantitative estimate of drug-likeness (QED) is 0.173. The standard InChI is InChI=1S/C23H20F4NO5P/c1-14-18(24)20(26)22(21(27)19(14)25)33-34(30,32-17-11-7-4-8-12-17)28-15(2)23(29)31-13-16-9-5-3-6-10-16/h3-12,15H,13H2,1-2H3,(H,28,30)/t15-,34?/m0/s1. The van der Waals surface area contributed by atoms with Gasteiger partial charge in [0.2, 0.25) is 17.4 Å². The van der Waals surface area contributed by atoms with Crippen LogP contribution in [0.25, 0.3) is 0 Å². The smallest absolute Gasteiger partial charge is 0.460 e. The fourth-order valence-corrected chi connectivity index (χ4v) is 4.28. The molecule has 3 aromatic carbocycles. The van der Waals surface area contributed by atoms with E-state index in [4.69, 9.17) is 13.8 Å². The summed E-state index contributed by atoms with van der Waals surface area (Å²) in [5.74, 6) is -9.84. The number of esters is 1. The second kappa shape index (κ2) is 10.7. The van der Waals surface area contributed by atoms with Gasteiger partial charge in [-0.25, -0.2) is 13.3 Å². The number of benzene rings is 3. The Labute approximate surface area is 193 Å². The maximum absolute atomic E-state index is 14.4. The molecule has 0 aliphatic heterocycles. The van der Waals surface area contributed by atoms with Crippen LogP contribution in [0.2, 0.25) is 0 Å². The summed E-state index contributed by atoms with van der Waals surface area (Å²) in [4.78, 5) is 12.4. The van der Waals surface area contributed by atoms with Gasteiger partial charge >= 0.3 is 13.7 Å². The lowest BCUT2D eigenvalue weighted by Gasteiger charge is -2.23. The third-order valence-electron chi connectivity index (χ3n) is 4.55. The van der Waals surface area contributed by atoms with E-state index in [-0.39, 0.29) is 12.4 Å². The molecule has 34 heavy (non-hydrogen) atoms. The van der Waals surface area contributed by atoms with Gasteiger partial charge in [-0.15, -0.1) is 0 Å². The zero-order chi connectivity index (χ0) is 24.9. The number of hydrogen-bond acceptors (Lipinski definition) is 5. The van der Waals surface area contributed by atoms with E-state index in [0.29, 0.717) is 5.56 Å². The van der Waals surface area contributed by atoms with E-state index in [0.717, 1.165) is 6.92 Å². The average Bonchev–Trinajstić information content (AvgIpc) is 2.84. The van der Waals surface area contributed by atoms with E-state index in [1.807, 2.05) is 0 Å². The maximum Gasteiger partial charge on any atom is 0.513 e. The molecule has 0 heterocycles. The van der Waals surface area contributed by atoms with Gasteiger partial charge < -0.3 is 13.8 Å². The number of para-hydroxylation sites is 1. The van der Waals surface area contributed by atoms with Gasteiger partial charge in [0.1, 0.15) is 18.4 Å². The lowest BCUT2D eigenvalue weighted by molar-refractivity contribution is -0.146. The van der Waals surface area contributed by atoms with Crippen molar-refractivity contribution in [1.82, 2.24) is 5.09 Å². The van der Waals surface area contributed by atoms with Crippen molar-refractivity contribution in [2.75, 3.05) is 0 Å². The van der Waals surface area contributed by atoms with Crippen LogP contribution < -0.4 is 14.1 Å². The van der Waals surface area contributed by atoms with E-state index in [9.17, 15) is 26.9 Å². The minimum atomic E-state index is -4.84. The van der Waals surface area contributed by atoms with Crippen molar-refractivity contribution in [3.63, 3.8) is 0 Å². The number of halogens is 4. The van der Waals surface area contributed by atoms with Gasteiger partial charge in [0.15, 0.2) is 11.6 Å². The number of carbonyl (C=O) groups is 1. The van der Waals surface area contributed by atoms with Crippen molar-refractivity contribution in [1.29, 1.82) is 0 Å². The highest BCUT2D eigenvalue weighted by molar-refractivity contribution is 7.52. The summed E-state index contributed by atoms with van der Waals surface area (Å²) < 4.78 is 85.4. The van der Waals surface area contributed by atoms with Crippen molar-refractivity contribution < 1.29 is 40.7 Å². The molecule has 0 radical (unpaired) electrons. The van der Waals surface area contributed by atoms with E-state index in [1.54, 1.807) is 36.4 Å². The summed E-state index contributed by atoms with van der Waals surface area (Å²) in [5.41, 5.74) is -0.246. The average molecular weight is 497 g/mol. The Morgan fingerprint density at radius 3 is 1.97 bits per heavy atom. The summed E-state index contributed by atoms with van der Waals surface area (Å²) in [6.07, 6.45) is 0. The van der Waals surface area contributed by atoms with Crippen molar-refractivity contribution in [2.45, 2.75) is 26.5 Å². The number of rotatable bonds is 9. The molecule has 0 fully saturated rings. The zero-order valence-corrected chi connectivity index (χ0v) is 19.0. The van der Waals surface area contributed by atoms with Gasteiger partial charge in [-0.2, -0.15) is 13.9 Å². The van der Waals surface area contributed by atoms with Gasteiger partial charge in [0.25, 0.3) is 0 Å². The van der Waals surface area contributed by atoms with E-state index < -0.39 is 54.3 Å². The van der Waals surface area contributed by atoms with Gasteiger partial charge in [0.05, 0.1) is 0 Å². The number of hydrogen-bond donors (Lipinski definition) is 1. The molecule has 3 rings (SSSR count). The minimum Gasteiger partial charge on any atom is -0.460 e. The van der Waals surface area contributed by atoms with Crippen molar-refractivity contribution in [3.8, 4) is 11.5 Å². The fraction of sp³-hybridized carbons (Fsp3) is 0.174. The second-order valence-corrected chi connectivity index (χ2v) is 8.77. The molecule has 0 aromatic heterocycles. The van der Waals surface area contributed by atoms with Gasteiger partial charge in [0, 0.05) is 5.56 Å². The first-order valence-corrected chi connectivity index (χ1v) is 11.5. The molecular formula is C23H20F4NO5P. The van der Waals surface area contributed by atoms with Crippen LogP contribution in [-0.2, 0) is 20.7 Å². The second-order valence-electron chi connectivity index (χ2n) is 7.15. The lowest BCUT2D eigenvalue weighted by atomic mass is 10.2. The zero-order valence-electron chi connectivity index (χ0n) is 18.1. The number of ether oxygens (including phenoxy) is 1. The molecule has 6 nitrogen and oxygen atoms in total. The lowest BCUT2D eigenvalue weighted by Crippen LogP contribution is -2.36. The highest BCUT2D eigenvalue weighted by atomic mass is 31.2. The summed E-state index contributed by atoms with van der Waals surface area (Å²) in [7, 11) is -4.84. The van der Waals surface area contributed by atoms with Crippen LogP contribution in [-0.4, -0.2) is 12.0 Å². The van der Waals surface area contributed by atoms with Crippen LogP contribution in [0.5, 0.6) is 11.5 Å². The summed E-state index contributed by atoms with van der Waals surface area (Å²) in [6, 6.07) is 14.6. The molecule has 0 saturated heterocycles. The van der Waals surface area contributed by atoms with Crippen LogP contribution in [0.4, 0.5) is 17.6 Å². The largest absolute Gasteiger partial charge is 0.513 e. The van der Waals surface area contributed by atoms with Crippen molar-refractivity contribution in [3.05, 3.63) is 95.1 Å². The highest BCUT2D eigenvalue weighted by Crippen LogP contribution is 2.47. The molecule has 0 bridgehead atoms. The van der Waals surface area contributed by atoms with E-state index >= 15 is 0 Å². The summed E-state index contributed by atoms with van der Waals surface area (Å²) in [6.45, 7) is 1.96. The maximum atomic E-state index is 14.4. The predicted octanol–water partition coefficient (Wildman–Crippen LogP) is 5.84. The first-order chi connectivity index (χ1) is 16.1. The first-order valence-electron chi connectivity index (χ1n) is 9.96. The number of nitrogens with one attached hydrogen (secondary N) is 1. The molecule has 0 spiro atoms. The molecule has 1 N–H and O–H groups in total. The fourth-order valence-electron chi connectivity index (χ4n) is 2.76. The molecule has 0 amide bonds. The van der Waals surface area contributed by atoms with Crippen LogP contribution in [0.15, 0.2) is 60.7 Å². The molecule has 1 unspecified atom stereocenters. The first kappa shape index (κ1) is 25.3. The normalized spacial score (nSPS) is 13.6. The Morgan fingerprint density at radius 1 is 0.882 bits per heavy atom. The topological polar surface area (TPSA) is 73.9 Å². The van der Waals surface area contributed by atoms with Crippen LogP contribution in [0.1, 0.15) is 18.1 Å². The molecule has 0 aliphatic carbocycles. The Bertz CT molecular complexity index is 1180. The van der Waals surface area contributed by atoms with Crippen molar-refractivity contribution >= 4 is 13.7 Å². The van der Waals surface area contributed by atoms with Crippen molar-refractivity contribution in [2.24, 2.45) is 0 Å². The van der Waals surface area contributed by atoms with E-state index in [1.165, 1.54) is 31.2 Å².